The molecule has 1 heterocycles. The molecule has 2 rings (SSSR count). The Balaban J connectivity index is 2.84. The largest absolute Gasteiger partial charge is 0.297 e. The van der Waals surface area contributed by atoms with Gasteiger partial charge in [-0.3, -0.25) is 4.79 Å². The predicted octanol–water partition coefficient (Wildman–Crippen LogP) is 3.68. The number of aldehydes is 1. The zero-order chi connectivity index (χ0) is 9.42. The third-order valence-electron chi connectivity index (χ3n) is 1.91. The third kappa shape index (κ3) is 1.36. The molecule has 1 aromatic heterocycles. The van der Waals surface area contributed by atoms with Crippen LogP contribution in [0, 0.1) is 6.92 Å². The SMILES string of the molecule is Cc1ccc2sc(C=O)c(Cl)c2c1. The molecular weight excluding hydrogens is 204 g/mol. The zero-order valence-corrected chi connectivity index (χ0v) is 8.58. The maximum atomic E-state index is 10.6. The first-order valence-electron chi connectivity index (χ1n) is 3.86. The average molecular weight is 211 g/mol. The summed E-state index contributed by atoms with van der Waals surface area (Å²) in [5.41, 5.74) is 1.16. The van der Waals surface area contributed by atoms with Gasteiger partial charge in [0.05, 0.1) is 9.90 Å². The average Bonchev–Trinajstić information content (AvgIpc) is 2.44. The Labute approximate surface area is 84.9 Å². The van der Waals surface area contributed by atoms with Crippen LogP contribution >= 0.6 is 22.9 Å². The van der Waals surface area contributed by atoms with Gasteiger partial charge in [0, 0.05) is 10.1 Å². The highest BCUT2D eigenvalue weighted by Crippen LogP contribution is 2.34. The van der Waals surface area contributed by atoms with E-state index in [0.717, 1.165) is 21.9 Å². The van der Waals surface area contributed by atoms with Crippen molar-refractivity contribution in [2.45, 2.75) is 6.92 Å². The lowest BCUT2D eigenvalue weighted by atomic mass is 10.2. The Morgan fingerprint density at radius 2 is 2.23 bits per heavy atom. The lowest BCUT2D eigenvalue weighted by Gasteiger charge is -1.92. The third-order valence-corrected chi connectivity index (χ3v) is 3.53. The number of benzene rings is 1. The summed E-state index contributed by atoms with van der Waals surface area (Å²) >= 11 is 7.44. The molecular formula is C10H7ClOS. The minimum absolute atomic E-state index is 0.582. The summed E-state index contributed by atoms with van der Waals surface area (Å²) in [6, 6.07) is 6.01. The Morgan fingerprint density at radius 1 is 1.46 bits per heavy atom. The first-order valence-corrected chi connectivity index (χ1v) is 5.05. The second-order valence-electron chi connectivity index (χ2n) is 2.90. The molecule has 0 atom stereocenters. The van der Waals surface area contributed by atoms with Crippen LogP contribution in [0.5, 0.6) is 0 Å². The maximum absolute atomic E-state index is 10.6. The molecule has 0 aliphatic carbocycles. The van der Waals surface area contributed by atoms with Crippen LogP contribution < -0.4 is 0 Å². The summed E-state index contributed by atoms with van der Waals surface area (Å²) in [5, 5.41) is 1.56. The van der Waals surface area contributed by atoms with Crippen molar-refractivity contribution in [3.63, 3.8) is 0 Å². The molecule has 0 saturated heterocycles. The molecule has 1 nitrogen and oxygen atoms in total. The van der Waals surface area contributed by atoms with Crippen molar-refractivity contribution in [2.24, 2.45) is 0 Å². The van der Waals surface area contributed by atoms with E-state index in [2.05, 4.69) is 0 Å². The van der Waals surface area contributed by atoms with Crippen LogP contribution in [0.2, 0.25) is 5.02 Å². The van der Waals surface area contributed by atoms with E-state index in [4.69, 9.17) is 11.6 Å². The van der Waals surface area contributed by atoms with Crippen molar-refractivity contribution in [3.8, 4) is 0 Å². The second-order valence-corrected chi connectivity index (χ2v) is 4.36. The number of carbonyl (C=O) groups excluding carboxylic acids is 1. The summed E-state index contributed by atoms with van der Waals surface area (Å²) in [7, 11) is 0. The number of carbonyl (C=O) groups is 1. The number of halogens is 1. The van der Waals surface area contributed by atoms with Crippen LogP contribution in [0.3, 0.4) is 0 Å². The summed E-state index contributed by atoms with van der Waals surface area (Å²) in [6.07, 6.45) is 0.808. The first kappa shape index (κ1) is 8.73. The Morgan fingerprint density at radius 3 is 2.92 bits per heavy atom. The molecule has 0 amide bonds. The summed E-state index contributed by atoms with van der Waals surface area (Å²) in [5.74, 6) is 0. The highest BCUT2D eigenvalue weighted by Gasteiger charge is 2.08. The summed E-state index contributed by atoms with van der Waals surface area (Å²) in [6.45, 7) is 2.01. The van der Waals surface area contributed by atoms with Crippen molar-refractivity contribution in [1.29, 1.82) is 0 Å². The molecule has 0 aliphatic rings. The maximum Gasteiger partial charge on any atom is 0.161 e. The highest BCUT2D eigenvalue weighted by molar-refractivity contribution is 7.21. The standard InChI is InChI=1S/C10H7ClOS/c1-6-2-3-8-7(4-6)10(11)9(5-12)13-8/h2-5H,1H3. The number of hydrogen-bond donors (Lipinski definition) is 0. The molecule has 0 N–H and O–H groups in total. The van der Waals surface area contributed by atoms with Gasteiger partial charge in [-0.25, -0.2) is 0 Å². The molecule has 66 valence electrons. The van der Waals surface area contributed by atoms with Gasteiger partial charge in [0.1, 0.15) is 0 Å². The minimum Gasteiger partial charge on any atom is -0.297 e. The fourth-order valence-electron chi connectivity index (χ4n) is 1.28. The van der Waals surface area contributed by atoms with E-state index < -0.39 is 0 Å². The molecule has 0 spiro atoms. The van der Waals surface area contributed by atoms with Gasteiger partial charge < -0.3 is 0 Å². The molecule has 3 heteroatoms. The van der Waals surface area contributed by atoms with Crippen LogP contribution in [0.25, 0.3) is 10.1 Å². The monoisotopic (exact) mass is 210 g/mol. The van der Waals surface area contributed by atoms with Crippen LogP contribution in [-0.4, -0.2) is 6.29 Å². The number of fused-ring (bicyclic) bond motifs is 1. The van der Waals surface area contributed by atoms with Gasteiger partial charge in [-0.05, 0) is 19.1 Å². The summed E-state index contributed by atoms with van der Waals surface area (Å²) < 4.78 is 1.07. The van der Waals surface area contributed by atoms with Gasteiger partial charge in [-0.1, -0.05) is 23.2 Å². The number of aryl methyl sites for hydroxylation is 1. The highest BCUT2D eigenvalue weighted by atomic mass is 35.5. The molecule has 0 bridgehead atoms. The molecule has 0 unspecified atom stereocenters. The Bertz CT molecular complexity index is 473. The van der Waals surface area contributed by atoms with Gasteiger partial charge in [0.25, 0.3) is 0 Å². The predicted molar refractivity (Wildman–Crippen MR) is 57.0 cm³/mol. The van der Waals surface area contributed by atoms with E-state index in [0.29, 0.717) is 9.90 Å². The number of thiophene rings is 1. The van der Waals surface area contributed by atoms with E-state index in [1.54, 1.807) is 0 Å². The van der Waals surface area contributed by atoms with Gasteiger partial charge >= 0.3 is 0 Å². The van der Waals surface area contributed by atoms with Crippen LogP contribution in [-0.2, 0) is 0 Å². The van der Waals surface area contributed by atoms with E-state index in [-0.39, 0.29) is 0 Å². The lowest BCUT2D eigenvalue weighted by molar-refractivity contribution is 0.112. The van der Waals surface area contributed by atoms with Crippen molar-refractivity contribution >= 4 is 39.3 Å². The van der Waals surface area contributed by atoms with E-state index in [9.17, 15) is 4.79 Å². The normalized spacial score (nSPS) is 10.6. The van der Waals surface area contributed by atoms with Crippen LogP contribution in [0.1, 0.15) is 15.2 Å². The van der Waals surface area contributed by atoms with Crippen molar-refractivity contribution in [3.05, 3.63) is 33.7 Å². The molecule has 0 saturated carbocycles. The molecule has 0 radical (unpaired) electrons. The molecule has 1 aromatic carbocycles. The van der Waals surface area contributed by atoms with Crippen molar-refractivity contribution < 1.29 is 4.79 Å². The van der Waals surface area contributed by atoms with Gasteiger partial charge in [-0.15, -0.1) is 11.3 Å². The summed E-state index contributed by atoms with van der Waals surface area (Å²) in [4.78, 5) is 11.2. The Hall–Kier alpha value is -0.860. The second kappa shape index (κ2) is 3.13. The molecule has 2 aromatic rings. The van der Waals surface area contributed by atoms with Gasteiger partial charge in [0.2, 0.25) is 0 Å². The fraction of sp³-hybridized carbons (Fsp3) is 0.100. The fourth-order valence-corrected chi connectivity index (χ4v) is 2.54. The smallest absolute Gasteiger partial charge is 0.161 e. The van der Waals surface area contributed by atoms with Crippen molar-refractivity contribution in [1.82, 2.24) is 0 Å². The van der Waals surface area contributed by atoms with Crippen LogP contribution in [0.15, 0.2) is 18.2 Å². The van der Waals surface area contributed by atoms with Crippen molar-refractivity contribution in [2.75, 3.05) is 0 Å². The molecule has 0 fully saturated rings. The van der Waals surface area contributed by atoms with Gasteiger partial charge in [0.15, 0.2) is 6.29 Å². The van der Waals surface area contributed by atoms with Gasteiger partial charge in [-0.2, -0.15) is 0 Å². The quantitative estimate of drug-likeness (QED) is 0.657. The van der Waals surface area contributed by atoms with Crippen LogP contribution in [0.4, 0.5) is 0 Å². The Kier molecular flexibility index (Phi) is 2.10. The van der Waals surface area contributed by atoms with E-state index in [1.165, 1.54) is 11.3 Å². The van der Waals surface area contributed by atoms with E-state index in [1.807, 2.05) is 25.1 Å². The first-order chi connectivity index (χ1) is 6.22. The molecule has 0 aliphatic heterocycles. The lowest BCUT2D eigenvalue weighted by Crippen LogP contribution is -1.71. The zero-order valence-electron chi connectivity index (χ0n) is 7.00. The number of rotatable bonds is 1. The topological polar surface area (TPSA) is 17.1 Å². The minimum atomic E-state index is 0.582. The van der Waals surface area contributed by atoms with E-state index >= 15 is 0 Å². The molecule has 13 heavy (non-hydrogen) atoms. The number of hydrogen-bond acceptors (Lipinski definition) is 2.